The summed E-state index contributed by atoms with van der Waals surface area (Å²) in [5, 5.41) is 33.2. The topological polar surface area (TPSA) is 211 Å². The Kier molecular flexibility index (Phi) is 10.5. The number of benzene rings is 1. The van der Waals surface area contributed by atoms with Crippen LogP contribution < -0.4 is 10.6 Å². The van der Waals surface area contributed by atoms with Crippen LogP contribution >= 0.6 is 0 Å². The van der Waals surface area contributed by atoms with E-state index in [1.54, 1.807) is 0 Å². The molecule has 200 valence electrons. The lowest BCUT2D eigenvalue weighted by molar-refractivity contribution is -0.158. The number of nitrogens with zero attached hydrogens (tertiary/aromatic N) is 2. The first-order valence-electron chi connectivity index (χ1n) is 11.4. The number of unbranched alkanes of at least 4 members (excludes halogenated alkanes) is 1. The molecule has 2 atom stereocenters. The normalized spacial score (nSPS) is 15.2. The Morgan fingerprint density at radius 2 is 1.38 bits per heavy atom. The Hall–Kier alpha value is -4.49. The van der Waals surface area contributed by atoms with Crippen molar-refractivity contribution in [3.05, 3.63) is 35.9 Å². The molecule has 1 saturated heterocycles. The van der Waals surface area contributed by atoms with Crippen molar-refractivity contribution < 1.29 is 48.9 Å². The van der Waals surface area contributed by atoms with Crippen LogP contribution in [0, 0.1) is 0 Å². The van der Waals surface area contributed by atoms with Crippen LogP contribution in [0.25, 0.3) is 0 Å². The summed E-state index contributed by atoms with van der Waals surface area (Å²) >= 11 is 0. The molecule has 1 aromatic rings. The number of barbiturate groups is 1. The smallest absolute Gasteiger partial charge is 0.335 e. The first-order valence-corrected chi connectivity index (χ1v) is 11.4. The summed E-state index contributed by atoms with van der Waals surface area (Å²) in [4.78, 5) is 84.5. The number of rotatable bonds is 14. The number of carboxylic acid groups (broad SMARTS) is 3. The zero-order valence-electron chi connectivity index (χ0n) is 19.8. The highest BCUT2D eigenvalue weighted by atomic mass is 16.4. The molecular formula is C23H28N4O10. The van der Waals surface area contributed by atoms with E-state index in [-0.39, 0.29) is 24.3 Å². The van der Waals surface area contributed by atoms with Crippen LogP contribution in [0.2, 0.25) is 0 Å². The van der Waals surface area contributed by atoms with Crippen LogP contribution in [-0.2, 0) is 30.5 Å². The standard InChI is InChI=1S/C23H28N4O10/c28-17-12-18(29)27(16(21(34)35)9-10-19(30)31)23(37)26(17)15(20(32)33)8-4-5-11-24-22(36)25-13-14-6-2-1-3-7-14/h1-3,6-7,15-16H,4-5,8-13H2,(H,30,31)(H,32,33)(H,34,35)(H2,24,25,36)/t15-,16?/m0/s1. The van der Waals surface area contributed by atoms with Crippen molar-refractivity contribution in [3.63, 3.8) is 0 Å². The third-order valence-electron chi connectivity index (χ3n) is 5.56. The lowest BCUT2D eigenvalue weighted by atomic mass is 10.0. The maximum absolute atomic E-state index is 12.9. The lowest BCUT2D eigenvalue weighted by Gasteiger charge is -2.38. The molecule has 1 aliphatic heterocycles. The average Bonchev–Trinajstić information content (AvgIpc) is 2.83. The first kappa shape index (κ1) is 28.7. The largest absolute Gasteiger partial charge is 0.481 e. The highest BCUT2D eigenvalue weighted by molar-refractivity contribution is 6.16. The van der Waals surface area contributed by atoms with E-state index in [0.29, 0.717) is 17.9 Å². The zero-order valence-corrected chi connectivity index (χ0v) is 19.8. The number of urea groups is 2. The number of carbonyl (C=O) groups excluding carboxylic acids is 4. The van der Waals surface area contributed by atoms with Crippen molar-refractivity contribution in [3.8, 4) is 0 Å². The summed E-state index contributed by atoms with van der Waals surface area (Å²) < 4.78 is 0. The average molecular weight is 520 g/mol. The third kappa shape index (κ3) is 8.30. The number of nitrogens with one attached hydrogen (secondary N) is 2. The number of imide groups is 2. The van der Waals surface area contributed by atoms with Gasteiger partial charge in [0.2, 0.25) is 11.8 Å². The van der Waals surface area contributed by atoms with Crippen LogP contribution in [0.3, 0.4) is 0 Å². The van der Waals surface area contributed by atoms with E-state index in [4.69, 9.17) is 5.11 Å². The predicted molar refractivity (Wildman–Crippen MR) is 124 cm³/mol. The van der Waals surface area contributed by atoms with Gasteiger partial charge in [-0.25, -0.2) is 29.0 Å². The molecular weight excluding hydrogens is 492 g/mol. The molecule has 1 heterocycles. The summed E-state index contributed by atoms with van der Waals surface area (Å²) in [5.74, 6) is -6.82. The predicted octanol–water partition coefficient (Wildman–Crippen LogP) is 0.608. The molecule has 14 nitrogen and oxygen atoms in total. The number of carboxylic acids is 3. The minimum Gasteiger partial charge on any atom is -0.481 e. The van der Waals surface area contributed by atoms with Crippen LogP contribution in [0.5, 0.6) is 0 Å². The Labute approximate surface area is 211 Å². The van der Waals surface area contributed by atoms with Gasteiger partial charge < -0.3 is 26.0 Å². The fourth-order valence-electron chi connectivity index (χ4n) is 3.73. The molecule has 0 spiro atoms. The van der Waals surface area contributed by atoms with Gasteiger partial charge in [0.05, 0.1) is 0 Å². The molecule has 2 rings (SSSR count). The number of hydrogen-bond donors (Lipinski definition) is 5. The molecule has 1 aromatic carbocycles. The maximum Gasteiger partial charge on any atom is 0.335 e. The van der Waals surface area contributed by atoms with Crippen LogP contribution in [0.15, 0.2) is 30.3 Å². The fraction of sp³-hybridized carbons (Fsp3) is 0.435. The number of carbonyl (C=O) groups is 7. The Morgan fingerprint density at radius 1 is 0.811 bits per heavy atom. The quantitative estimate of drug-likeness (QED) is 0.170. The second-order valence-electron chi connectivity index (χ2n) is 8.22. The molecule has 0 aromatic heterocycles. The van der Waals surface area contributed by atoms with Gasteiger partial charge in [0, 0.05) is 19.5 Å². The van der Waals surface area contributed by atoms with Crippen molar-refractivity contribution in [1.82, 2.24) is 20.4 Å². The van der Waals surface area contributed by atoms with E-state index in [9.17, 15) is 43.8 Å². The van der Waals surface area contributed by atoms with E-state index in [1.807, 2.05) is 30.3 Å². The molecule has 0 bridgehead atoms. The Bertz CT molecular complexity index is 1050. The number of hydrogen-bond acceptors (Lipinski definition) is 7. The summed E-state index contributed by atoms with van der Waals surface area (Å²) in [7, 11) is 0. The maximum atomic E-state index is 12.9. The monoisotopic (exact) mass is 520 g/mol. The summed E-state index contributed by atoms with van der Waals surface area (Å²) in [6.07, 6.45) is -1.96. The van der Waals surface area contributed by atoms with Gasteiger partial charge in [-0.3, -0.25) is 14.4 Å². The van der Waals surface area contributed by atoms with Crippen molar-refractivity contribution in [1.29, 1.82) is 0 Å². The van der Waals surface area contributed by atoms with E-state index in [2.05, 4.69) is 10.6 Å². The zero-order chi connectivity index (χ0) is 27.5. The van der Waals surface area contributed by atoms with E-state index >= 15 is 0 Å². The van der Waals surface area contributed by atoms with Gasteiger partial charge in [0.15, 0.2) is 0 Å². The van der Waals surface area contributed by atoms with E-state index in [1.165, 1.54) is 0 Å². The molecule has 0 saturated carbocycles. The molecule has 37 heavy (non-hydrogen) atoms. The van der Waals surface area contributed by atoms with Gasteiger partial charge in [-0.1, -0.05) is 30.3 Å². The summed E-state index contributed by atoms with van der Waals surface area (Å²) in [6, 6.07) is 3.77. The highest BCUT2D eigenvalue weighted by Crippen LogP contribution is 2.23. The minimum absolute atomic E-state index is 0.169. The molecule has 1 aliphatic rings. The SMILES string of the molecule is O=C(O)CCC(C(=O)O)N1C(=O)CC(=O)N([C@@H](CCCCNC(=O)NCc2ccccc2)C(=O)O)C1=O. The van der Waals surface area contributed by atoms with Crippen LogP contribution in [0.4, 0.5) is 9.59 Å². The Balaban J connectivity index is 1.95. The van der Waals surface area contributed by atoms with Gasteiger partial charge in [-0.05, 0) is 31.2 Å². The second kappa shape index (κ2) is 13.6. The van der Waals surface area contributed by atoms with Gasteiger partial charge >= 0.3 is 30.0 Å². The Morgan fingerprint density at radius 3 is 1.92 bits per heavy atom. The molecule has 5 N–H and O–H groups in total. The van der Waals surface area contributed by atoms with Gasteiger partial charge in [0.25, 0.3) is 0 Å². The first-order chi connectivity index (χ1) is 17.5. The van der Waals surface area contributed by atoms with Crippen molar-refractivity contribution >= 4 is 41.8 Å². The number of aliphatic carboxylic acids is 3. The molecule has 1 fully saturated rings. The van der Waals surface area contributed by atoms with Crippen LogP contribution in [0.1, 0.15) is 44.1 Å². The van der Waals surface area contributed by atoms with E-state index in [0.717, 1.165) is 5.56 Å². The van der Waals surface area contributed by atoms with Crippen molar-refractivity contribution in [2.75, 3.05) is 6.54 Å². The van der Waals surface area contributed by atoms with Gasteiger partial charge in [-0.2, -0.15) is 0 Å². The lowest BCUT2D eigenvalue weighted by Crippen LogP contribution is -2.63. The van der Waals surface area contributed by atoms with Gasteiger partial charge in [0.1, 0.15) is 18.5 Å². The van der Waals surface area contributed by atoms with Crippen molar-refractivity contribution in [2.24, 2.45) is 0 Å². The summed E-state index contributed by atoms with van der Waals surface area (Å²) in [6.45, 7) is 0.488. The van der Waals surface area contributed by atoms with Crippen molar-refractivity contribution in [2.45, 2.75) is 57.2 Å². The molecule has 6 amide bonds. The van der Waals surface area contributed by atoms with E-state index < -0.39 is 73.1 Å². The minimum atomic E-state index is -1.88. The molecule has 0 aliphatic carbocycles. The molecule has 0 radical (unpaired) electrons. The van der Waals surface area contributed by atoms with Crippen LogP contribution in [-0.4, -0.2) is 85.5 Å². The molecule has 14 heteroatoms. The van der Waals surface area contributed by atoms with Gasteiger partial charge in [-0.15, -0.1) is 0 Å². The highest BCUT2D eigenvalue weighted by Gasteiger charge is 2.48. The third-order valence-corrected chi connectivity index (χ3v) is 5.56. The fourth-order valence-corrected chi connectivity index (χ4v) is 3.73. The summed E-state index contributed by atoms with van der Waals surface area (Å²) in [5.41, 5.74) is 0.901. The number of amides is 6. The molecule has 1 unspecified atom stereocenters. The second-order valence-corrected chi connectivity index (χ2v) is 8.22.